The van der Waals surface area contributed by atoms with Gasteiger partial charge in [0.25, 0.3) is 5.56 Å². The van der Waals surface area contributed by atoms with E-state index in [0.29, 0.717) is 19.2 Å². The minimum atomic E-state index is -4.52. The van der Waals surface area contributed by atoms with E-state index in [0.717, 1.165) is 55.9 Å². The molecule has 1 aliphatic rings. The standard InChI is InChI=1S/C30H51F4N2O9P/c1-23(27-25(37)21-26(44-27)36-22-24(31)28(38)35-29(36)39)45-46(40,41)43-20-19-42-18-16-14-12-10-8-6-4-2-3-5-7-9-11-13-15-17-30(32,33)34/h22-23,25-27,37H,2-21H2,1H3,(H,40,41)(H,35,38,39)/t23-,25+,26-,27-/m1/s1. The molecule has 11 nitrogen and oxygen atoms in total. The van der Waals surface area contributed by atoms with Crippen LogP contribution in [0.3, 0.4) is 0 Å². The fourth-order valence-corrected chi connectivity index (χ4v) is 6.29. The molecule has 0 amide bonds. The Bertz CT molecular complexity index is 1150. The number of rotatable bonds is 25. The summed E-state index contributed by atoms with van der Waals surface area (Å²) in [6.45, 7) is 1.78. The maximum atomic E-state index is 13.6. The van der Waals surface area contributed by atoms with Crippen LogP contribution in [0.2, 0.25) is 0 Å². The molecule has 1 aromatic rings. The number of nitrogens with one attached hydrogen (secondary N) is 1. The third-order valence-corrected chi connectivity index (χ3v) is 8.97. The summed E-state index contributed by atoms with van der Waals surface area (Å²) in [5.74, 6) is -1.20. The summed E-state index contributed by atoms with van der Waals surface area (Å²) in [5.41, 5.74) is -2.11. The van der Waals surface area contributed by atoms with E-state index in [2.05, 4.69) is 0 Å². The zero-order valence-electron chi connectivity index (χ0n) is 26.7. The van der Waals surface area contributed by atoms with Gasteiger partial charge in [-0.2, -0.15) is 17.6 Å². The molecule has 2 heterocycles. The molecule has 5 atom stereocenters. The molecule has 0 aliphatic carbocycles. The van der Waals surface area contributed by atoms with Gasteiger partial charge in [0.15, 0.2) is 0 Å². The highest BCUT2D eigenvalue weighted by Crippen LogP contribution is 2.46. The Morgan fingerprint density at radius 2 is 1.46 bits per heavy atom. The van der Waals surface area contributed by atoms with Crippen LogP contribution in [0.15, 0.2) is 15.8 Å². The highest BCUT2D eigenvalue weighted by Gasteiger charge is 2.42. The van der Waals surface area contributed by atoms with Crippen molar-refractivity contribution in [1.82, 2.24) is 9.55 Å². The van der Waals surface area contributed by atoms with Crippen LogP contribution < -0.4 is 11.2 Å². The van der Waals surface area contributed by atoms with Crippen LogP contribution in [0.4, 0.5) is 17.6 Å². The molecule has 3 N–H and O–H groups in total. The first-order chi connectivity index (χ1) is 21.8. The maximum absolute atomic E-state index is 13.6. The number of aromatic nitrogens is 2. The first kappa shape index (κ1) is 40.6. The minimum Gasteiger partial charge on any atom is -0.390 e. The number of phosphoric acid groups is 1. The smallest absolute Gasteiger partial charge is 0.390 e. The van der Waals surface area contributed by atoms with Crippen LogP contribution in [0.5, 0.6) is 0 Å². The van der Waals surface area contributed by atoms with Gasteiger partial charge in [0.2, 0.25) is 5.82 Å². The lowest BCUT2D eigenvalue weighted by atomic mass is 10.0. The number of hydrogen-bond acceptors (Lipinski definition) is 8. The van der Waals surface area contributed by atoms with Crippen LogP contribution in [0, 0.1) is 5.82 Å². The van der Waals surface area contributed by atoms with Crippen molar-refractivity contribution in [1.29, 1.82) is 0 Å². The fraction of sp³-hybridized carbons (Fsp3) is 0.867. The van der Waals surface area contributed by atoms with Gasteiger partial charge in [-0.1, -0.05) is 83.5 Å². The lowest BCUT2D eigenvalue weighted by molar-refractivity contribution is -0.135. The molecule has 1 aliphatic heterocycles. The molecule has 46 heavy (non-hydrogen) atoms. The number of unbranched alkanes of at least 4 members (excludes halogenated alkanes) is 14. The van der Waals surface area contributed by atoms with Gasteiger partial charge in [0.05, 0.1) is 31.6 Å². The van der Waals surface area contributed by atoms with E-state index in [4.69, 9.17) is 18.5 Å². The van der Waals surface area contributed by atoms with Gasteiger partial charge in [-0.05, 0) is 19.8 Å². The SMILES string of the molecule is C[C@@H](OP(=O)(O)OCCOCCCCCCCCCCCCCCCCCC(F)(F)F)[C@H]1O[C@@H](n2cc(F)c(=O)[nH]c2=O)C[C@@H]1O. The van der Waals surface area contributed by atoms with Crippen LogP contribution in [-0.2, 0) is 23.1 Å². The Kier molecular flexibility index (Phi) is 18.9. The predicted octanol–water partition coefficient (Wildman–Crippen LogP) is 6.67. The first-order valence-electron chi connectivity index (χ1n) is 16.4. The zero-order valence-corrected chi connectivity index (χ0v) is 27.6. The third kappa shape index (κ3) is 17.0. The predicted molar refractivity (Wildman–Crippen MR) is 163 cm³/mol. The van der Waals surface area contributed by atoms with E-state index in [1.54, 1.807) is 4.98 Å². The number of H-pyrrole nitrogens is 1. The van der Waals surface area contributed by atoms with Crippen molar-refractivity contribution in [2.75, 3.05) is 19.8 Å². The topological polar surface area (TPSA) is 149 Å². The van der Waals surface area contributed by atoms with E-state index >= 15 is 0 Å². The van der Waals surface area contributed by atoms with Crippen LogP contribution in [-0.4, -0.2) is 63.9 Å². The molecule has 1 unspecified atom stereocenters. The van der Waals surface area contributed by atoms with Crippen molar-refractivity contribution in [3.8, 4) is 0 Å². The number of aliphatic hydroxyl groups excluding tert-OH is 1. The second-order valence-electron chi connectivity index (χ2n) is 11.9. The molecule has 1 fully saturated rings. The molecular weight excluding hydrogens is 639 g/mol. The van der Waals surface area contributed by atoms with Crippen molar-refractivity contribution in [2.45, 2.75) is 147 Å². The van der Waals surface area contributed by atoms with Crippen molar-refractivity contribution < 1.29 is 50.6 Å². The van der Waals surface area contributed by atoms with E-state index < -0.39 is 62.0 Å². The zero-order chi connectivity index (χ0) is 34.0. The van der Waals surface area contributed by atoms with Crippen LogP contribution >= 0.6 is 7.82 Å². The Balaban J connectivity index is 1.42. The summed E-state index contributed by atoms with van der Waals surface area (Å²) in [5, 5.41) is 10.3. The molecule has 0 bridgehead atoms. The number of aromatic amines is 1. The minimum absolute atomic E-state index is 0.0890. The van der Waals surface area contributed by atoms with Gasteiger partial charge in [-0.25, -0.2) is 9.36 Å². The maximum Gasteiger partial charge on any atom is 0.472 e. The van der Waals surface area contributed by atoms with Gasteiger partial charge >= 0.3 is 19.7 Å². The second kappa shape index (κ2) is 21.4. The van der Waals surface area contributed by atoms with Crippen molar-refractivity contribution >= 4 is 7.82 Å². The van der Waals surface area contributed by atoms with Crippen molar-refractivity contribution in [3.63, 3.8) is 0 Å². The Hall–Kier alpha value is -1.61. The van der Waals surface area contributed by atoms with Crippen molar-refractivity contribution in [2.24, 2.45) is 0 Å². The lowest BCUT2D eigenvalue weighted by Gasteiger charge is -2.24. The highest BCUT2D eigenvalue weighted by molar-refractivity contribution is 7.47. The largest absolute Gasteiger partial charge is 0.472 e. The summed E-state index contributed by atoms with van der Waals surface area (Å²) < 4.78 is 84.1. The van der Waals surface area contributed by atoms with Gasteiger partial charge in [-0.15, -0.1) is 0 Å². The average Bonchev–Trinajstić information content (AvgIpc) is 3.36. The van der Waals surface area contributed by atoms with E-state index in [1.807, 2.05) is 0 Å². The van der Waals surface area contributed by atoms with E-state index in [9.17, 15) is 41.7 Å². The molecule has 16 heteroatoms. The molecule has 1 saturated heterocycles. The fourth-order valence-electron chi connectivity index (χ4n) is 5.39. The van der Waals surface area contributed by atoms with Gasteiger partial charge < -0.3 is 19.5 Å². The van der Waals surface area contributed by atoms with Crippen molar-refractivity contribution in [3.05, 3.63) is 32.9 Å². The number of phosphoric ester groups is 1. The quantitative estimate of drug-likeness (QED) is 0.0581. The number of alkyl halides is 3. The summed E-state index contributed by atoms with van der Waals surface area (Å²) in [6.07, 6.45) is 6.47. The number of ether oxygens (including phenoxy) is 2. The third-order valence-electron chi connectivity index (χ3n) is 7.86. The Labute approximate surface area is 267 Å². The average molecular weight is 691 g/mol. The number of halogens is 4. The first-order valence-corrected chi connectivity index (χ1v) is 17.9. The summed E-state index contributed by atoms with van der Waals surface area (Å²) in [4.78, 5) is 35.1. The van der Waals surface area contributed by atoms with Gasteiger partial charge in [0, 0.05) is 19.4 Å². The molecular formula is C30H51F4N2O9P. The monoisotopic (exact) mass is 690 g/mol. The van der Waals surface area contributed by atoms with Crippen LogP contribution in [0.25, 0.3) is 0 Å². The molecule has 0 spiro atoms. The molecule has 0 radical (unpaired) electrons. The number of hydrogen-bond donors (Lipinski definition) is 3. The highest BCUT2D eigenvalue weighted by atomic mass is 31.2. The second-order valence-corrected chi connectivity index (χ2v) is 13.3. The number of aliphatic hydroxyl groups is 1. The van der Waals surface area contributed by atoms with E-state index in [1.165, 1.54) is 39.0 Å². The molecule has 1 aromatic heterocycles. The van der Waals surface area contributed by atoms with E-state index in [-0.39, 0.29) is 26.1 Å². The van der Waals surface area contributed by atoms with Crippen LogP contribution in [0.1, 0.15) is 122 Å². The van der Waals surface area contributed by atoms with Gasteiger partial charge in [0.1, 0.15) is 12.3 Å². The molecule has 0 saturated carbocycles. The Morgan fingerprint density at radius 3 is 2.00 bits per heavy atom. The summed E-state index contributed by atoms with van der Waals surface area (Å²) >= 11 is 0. The lowest BCUT2D eigenvalue weighted by Crippen LogP contribution is -2.35. The summed E-state index contributed by atoms with van der Waals surface area (Å²) in [6, 6.07) is 0. The van der Waals surface area contributed by atoms with Gasteiger partial charge in [-0.3, -0.25) is 23.4 Å². The Morgan fingerprint density at radius 1 is 0.935 bits per heavy atom. The molecule has 268 valence electrons. The normalized spacial score (nSPS) is 20.6. The molecule has 2 rings (SSSR count). The summed E-state index contributed by atoms with van der Waals surface area (Å²) in [7, 11) is -4.52. The molecule has 0 aromatic carbocycles. The number of nitrogens with zero attached hydrogens (tertiary/aromatic N) is 1.